The van der Waals surface area contributed by atoms with Crippen LogP contribution in [0.2, 0.25) is 5.02 Å². The largest absolute Gasteiger partial charge is 0.355 e. The first-order valence-corrected chi connectivity index (χ1v) is 7.95. The topological polar surface area (TPSA) is 83.1 Å². The van der Waals surface area contributed by atoms with Crippen LogP contribution in [-0.2, 0) is 4.79 Å². The predicted octanol–water partition coefficient (Wildman–Crippen LogP) is 2.26. The number of aromatic nitrogens is 1. The molecule has 0 fully saturated rings. The Bertz CT molecular complexity index is 694. The molecule has 1 unspecified atom stereocenters. The van der Waals surface area contributed by atoms with E-state index in [9.17, 15) is 9.59 Å². The maximum atomic E-state index is 12.1. The molecule has 3 N–H and O–H groups in total. The van der Waals surface area contributed by atoms with Gasteiger partial charge < -0.3 is 16.0 Å². The molecule has 0 spiro atoms. The van der Waals surface area contributed by atoms with Crippen molar-refractivity contribution in [1.29, 1.82) is 0 Å². The van der Waals surface area contributed by atoms with Crippen molar-refractivity contribution in [2.75, 3.05) is 13.1 Å². The Balaban J connectivity index is 2.12. The second kappa shape index (κ2) is 8.88. The third kappa shape index (κ3) is 5.24. The molecule has 1 aromatic carbocycles. The van der Waals surface area contributed by atoms with E-state index < -0.39 is 12.1 Å². The molecule has 0 saturated heterocycles. The van der Waals surface area contributed by atoms with Gasteiger partial charge in [-0.25, -0.2) is 4.79 Å². The van der Waals surface area contributed by atoms with E-state index in [1.54, 1.807) is 24.4 Å². The summed E-state index contributed by atoms with van der Waals surface area (Å²) >= 11 is 6.05. The van der Waals surface area contributed by atoms with E-state index in [2.05, 4.69) is 20.9 Å². The molecule has 0 aliphatic heterocycles. The molecule has 0 aliphatic carbocycles. The van der Waals surface area contributed by atoms with Crippen LogP contribution in [0.5, 0.6) is 0 Å². The number of rotatable bonds is 6. The summed E-state index contributed by atoms with van der Waals surface area (Å²) in [6.07, 6.45) is 1.65. The molecule has 126 valence electrons. The highest BCUT2D eigenvalue weighted by Gasteiger charge is 2.18. The van der Waals surface area contributed by atoms with Gasteiger partial charge in [0.25, 0.3) is 0 Å². The van der Waals surface area contributed by atoms with Gasteiger partial charge in [-0.1, -0.05) is 29.8 Å². The second-order valence-electron chi connectivity index (χ2n) is 5.02. The summed E-state index contributed by atoms with van der Waals surface area (Å²) in [4.78, 5) is 27.9. The summed E-state index contributed by atoms with van der Waals surface area (Å²) in [5.41, 5.74) is 1.47. The Labute approximate surface area is 145 Å². The molecule has 0 bridgehead atoms. The van der Waals surface area contributed by atoms with Crippen LogP contribution in [0.25, 0.3) is 0 Å². The van der Waals surface area contributed by atoms with Crippen molar-refractivity contribution in [3.63, 3.8) is 0 Å². The van der Waals surface area contributed by atoms with Gasteiger partial charge in [0, 0.05) is 17.8 Å². The summed E-state index contributed by atoms with van der Waals surface area (Å²) in [5.74, 6) is -0.246. The SMILES string of the molecule is CCNC(=O)CNC(=O)NC(c1cccc(Cl)c1)c1ccccn1. The predicted molar refractivity (Wildman–Crippen MR) is 92.8 cm³/mol. The molecule has 1 aromatic heterocycles. The Morgan fingerprint density at radius 2 is 2.00 bits per heavy atom. The lowest BCUT2D eigenvalue weighted by molar-refractivity contribution is -0.119. The standard InChI is InChI=1S/C17H19ClN4O2/c1-2-19-15(23)11-21-17(24)22-16(14-8-3-4-9-20-14)12-6-5-7-13(18)10-12/h3-10,16H,2,11H2,1H3,(H,19,23)(H2,21,22,24). The van der Waals surface area contributed by atoms with Crippen molar-refractivity contribution >= 4 is 23.5 Å². The minimum atomic E-state index is -0.473. The van der Waals surface area contributed by atoms with E-state index in [1.807, 2.05) is 31.2 Å². The maximum absolute atomic E-state index is 12.1. The van der Waals surface area contributed by atoms with Crippen molar-refractivity contribution in [3.8, 4) is 0 Å². The van der Waals surface area contributed by atoms with Crippen LogP contribution in [0, 0.1) is 0 Å². The molecular formula is C17H19ClN4O2. The summed E-state index contributed by atoms with van der Waals surface area (Å²) in [6.45, 7) is 2.24. The molecule has 2 rings (SSSR count). The molecule has 3 amide bonds. The molecule has 0 saturated carbocycles. The van der Waals surface area contributed by atoms with Crippen molar-refractivity contribution < 1.29 is 9.59 Å². The van der Waals surface area contributed by atoms with Gasteiger partial charge in [-0.3, -0.25) is 9.78 Å². The molecule has 1 heterocycles. The van der Waals surface area contributed by atoms with E-state index in [0.717, 1.165) is 5.56 Å². The van der Waals surface area contributed by atoms with E-state index in [0.29, 0.717) is 17.3 Å². The first-order chi connectivity index (χ1) is 11.6. The Morgan fingerprint density at radius 3 is 2.67 bits per heavy atom. The molecule has 24 heavy (non-hydrogen) atoms. The average Bonchev–Trinajstić information content (AvgIpc) is 2.59. The third-order valence-corrected chi connectivity index (χ3v) is 3.46. The highest BCUT2D eigenvalue weighted by molar-refractivity contribution is 6.30. The van der Waals surface area contributed by atoms with Gasteiger partial charge in [-0.15, -0.1) is 0 Å². The first-order valence-electron chi connectivity index (χ1n) is 7.57. The lowest BCUT2D eigenvalue weighted by Crippen LogP contribution is -2.43. The number of nitrogens with zero attached hydrogens (tertiary/aromatic N) is 1. The monoisotopic (exact) mass is 346 g/mol. The highest BCUT2D eigenvalue weighted by atomic mass is 35.5. The van der Waals surface area contributed by atoms with Gasteiger partial charge in [0.05, 0.1) is 18.3 Å². The maximum Gasteiger partial charge on any atom is 0.316 e. The average molecular weight is 347 g/mol. The fraction of sp³-hybridized carbons (Fsp3) is 0.235. The summed E-state index contributed by atoms with van der Waals surface area (Å²) in [7, 11) is 0. The number of hydrogen-bond donors (Lipinski definition) is 3. The fourth-order valence-corrected chi connectivity index (χ4v) is 2.36. The van der Waals surface area contributed by atoms with Crippen LogP contribution < -0.4 is 16.0 Å². The number of carbonyl (C=O) groups is 2. The smallest absolute Gasteiger partial charge is 0.316 e. The summed E-state index contributed by atoms with van der Waals surface area (Å²) < 4.78 is 0. The number of halogens is 1. The van der Waals surface area contributed by atoms with Gasteiger partial charge in [0.1, 0.15) is 0 Å². The molecule has 7 heteroatoms. The number of urea groups is 1. The van der Waals surface area contributed by atoms with Gasteiger partial charge in [-0.05, 0) is 36.8 Å². The molecule has 0 aliphatic rings. The quantitative estimate of drug-likeness (QED) is 0.750. The van der Waals surface area contributed by atoms with Gasteiger partial charge in [0.15, 0.2) is 0 Å². The Morgan fingerprint density at radius 1 is 1.17 bits per heavy atom. The first kappa shape index (κ1) is 17.7. The van der Waals surface area contributed by atoms with Crippen LogP contribution in [0.1, 0.15) is 24.2 Å². The van der Waals surface area contributed by atoms with Gasteiger partial charge in [-0.2, -0.15) is 0 Å². The minimum Gasteiger partial charge on any atom is -0.355 e. The van der Waals surface area contributed by atoms with Crippen LogP contribution in [0.15, 0.2) is 48.7 Å². The highest BCUT2D eigenvalue weighted by Crippen LogP contribution is 2.22. The summed E-state index contributed by atoms with van der Waals surface area (Å²) in [5, 5.41) is 8.53. The molecule has 6 nitrogen and oxygen atoms in total. The van der Waals surface area contributed by atoms with Gasteiger partial charge in [0.2, 0.25) is 5.91 Å². The number of nitrogens with one attached hydrogen (secondary N) is 3. The zero-order valence-electron chi connectivity index (χ0n) is 13.3. The number of carbonyl (C=O) groups excluding carboxylic acids is 2. The van der Waals surface area contributed by atoms with Crippen molar-refractivity contribution in [3.05, 3.63) is 64.9 Å². The Hall–Kier alpha value is -2.60. The second-order valence-corrected chi connectivity index (χ2v) is 5.46. The molecule has 0 radical (unpaired) electrons. The fourth-order valence-electron chi connectivity index (χ4n) is 2.16. The molecular weight excluding hydrogens is 328 g/mol. The Kier molecular flexibility index (Phi) is 6.57. The van der Waals surface area contributed by atoms with Crippen molar-refractivity contribution in [2.24, 2.45) is 0 Å². The number of benzene rings is 1. The summed E-state index contributed by atoms with van der Waals surface area (Å²) in [6, 6.07) is 11.7. The molecule has 2 aromatic rings. The van der Waals surface area contributed by atoms with Crippen LogP contribution in [0.4, 0.5) is 4.79 Å². The molecule has 1 atom stereocenters. The number of pyridine rings is 1. The van der Waals surface area contributed by atoms with Gasteiger partial charge >= 0.3 is 6.03 Å². The normalized spacial score (nSPS) is 11.4. The third-order valence-electron chi connectivity index (χ3n) is 3.22. The van der Waals surface area contributed by atoms with Crippen LogP contribution in [-0.4, -0.2) is 30.0 Å². The number of likely N-dealkylation sites (N-methyl/N-ethyl adjacent to an activating group) is 1. The minimum absolute atomic E-state index is 0.0931. The lowest BCUT2D eigenvalue weighted by atomic mass is 10.0. The van der Waals surface area contributed by atoms with E-state index >= 15 is 0 Å². The van der Waals surface area contributed by atoms with E-state index in [4.69, 9.17) is 11.6 Å². The van der Waals surface area contributed by atoms with Crippen LogP contribution in [0.3, 0.4) is 0 Å². The lowest BCUT2D eigenvalue weighted by Gasteiger charge is -2.19. The van der Waals surface area contributed by atoms with Crippen LogP contribution >= 0.6 is 11.6 Å². The zero-order valence-corrected chi connectivity index (χ0v) is 14.0. The number of hydrogen-bond acceptors (Lipinski definition) is 3. The van der Waals surface area contributed by atoms with Crippen molar-refractivity contribution in [1.82, 2.24) is 20.9 Å². The number of amides is 3. The van der Waals surface area contributed by atoms with E-state index in [1.165, 1.54) is 0 Å². The van der Waals surface area contributed by atoms with Crippen molar-refractivity contribution in [2.45, 2.75) is 13.0 Å². The van der Waals surface area contributed by atoms with E-state index in [-0.39, 0.29) is 12.5 Å². The zero-order chi connectivity index (χ0) is 17.4.